The first-order chi connectivity index (χ1) is 10.5. The molecule has 0 radical (unpaired) electrons. The molecular weight excluding hydrogens is 306 g/mol. The summed E-state index contributed by atoms with van der Waals surface area (Å²) in [5.41, 5.74) is 0.714. The number of ether oxygens (including phenoxy) is 1. The number of carbonyl (C=O) groups is 2. The lowest BCUT2D eigenvalue weighted by Crippen LogP contribution is -2.34. The first kappa shape index (κ1) is 16.1. The number of rotatable bonds is 5. The quantitative estimate of drug-likeness (QED) is 0.858. The summed E-state index contributed by atoms with van der Waals surface area (Å²) in [5.74, 6) is -0.110. The molecule has 1 aromatic heterocycles. The fourth-order valence-electron chi connectivity index (χ4n) is 1.94. The Bertz CT molecular complexity index is 680. The molecule has 1 N–H and O–H groups in total. The predicted molar refractivity (Wildman–Crippen MR) is 82.7 cm³/mol. The number of methoxy groups -OCH3 is 1. The van der Waals surface area contributed by atoms with Gasteiger partial charge in [0.25, 0.3) is 5.91 Å². The molecule has 2 rings (SSSR count). The van der Waals surface area contributed by atoms with E-state index >= 15 is 0 Å². The maximum absolute atomic E-state index is 12.1. The van der Waals surface area contributed by atoms with Crippen LogP contribution in [0.25, 0.3) is 11.3 Å². The fraction of sp³-hybridized carbons (Fsp3) is 0.250. The molecule has 0 saturated heterocycles. The molecular formula is C16H16ClNO4. The second kappa shape index (κ2) is 7.13. The second-order valence-corrected chi connectivity index (χ2v) is 5.21. The molecule has 2 aromatic rings. The van der Waals surface area contributed by atoms with Crippen LogP contribution >= 0.6 is 11.6 Å². The number of hydrogen-bond donors (Lipinski definition) is 1. The van der Waals surface area contributed by atoms with Gasteiger partial charge in [-0.25, -0.2) is 0 Å². The van der Waals surface area contributed by atoms with E-state index in [0.717, 1.165) is 0 Å². The molecule has 1 unspecified atom stereocenters. The molecule has 22 heavy (non-hydrogen) atoms. The van der Waals surface area contributed by atoms with Crippen LogP contribution in [0.15, 0.2) is 40.8 Å². The number of halogens is 1. The summed E-state index contributed by atoms with van der Waals surface area (Å²) in [4.78, 5) is 23.2. The number of esters is 1. The number of furan rings is 1. The first-order valence-corrected chi connectivity index (χ1v) is 7.11. The Kier molecular flexibility index (Phi) is 5.22. The highest BCUT2D eigenvalue weighted by molar-refractivity contribution is 6.33. The minimum Gasteiger partial charge on any atom is -0.469 e. The molecule has 0 bridgehead atoms. The Labute approximate surface area is 133 Å². The minimum absolute atomic E-state index is 0.0975. The van der Waals surface area contributed by atoms with E-state index in [4.69, 9.17) is 16.0 Å². The number of benzene rings is 1. The van der Waals surface area contributed by atoms with Crippen LogP contribution in [0.5, 0.6) is 0 Å². The lowest BCUT2D eigenvalue weighted by atomic mass is 10.2. The lowest BCUT2D eigenvalue weighted by Gasteiger charge is -2.11. The van der Waals surface area contributed by atoms with Gasteiger partial charge in [0.1, 0.15) is 5.76 Å². The van der Waals surface area contributed by atoms with Gasteiger partial charge in [0.05, 0.1) is 18.6 Å². The fourth-order valence-corrected chi connectivity index (χ4v) is 2.17. The van der Waals surface area contributed by atoms with Gasteiger partial charge >= 0.3 is 5.97 Å². The zero-order valence-corrected chi connectivity index (χ0v) is 13.0. The van der Waals surface area contributed by atoms with Crippen molar-refractivity contribution in [2.75, 3.05) is 7.11 Å². The maximum Gasteiger partial charge on any atom is 0.307 e. The van der Waals surface area contributed by atoms with Gasteiger partial charge in [-0.2, -0.15) is 0 Å². The zero-order chi connectivity index (χ0) is 16.1. The largest absolute Gasteiger partial charge is 0.469 e. The van der Waals surface area contributed by atoms with Crippen LogP contribution in [0.2, 0.25) is 5.02 Å². The summed E-state index contributed by atoms with van der Waals surface area (Å²) >= 11 is 6.09. The summed E-state index contributed by atoms with van der Waals surface area (Å²) < 4.78 is 10.1. The van der Waals surface area contributed by atoms with Crippen LogP contribution in [-0.4, -0.2) is 25.0 Å². The van der Waals surface area contributed by atoms with Crippen molar-refractivity contribution in [2.45, 2.75) is 19.4 Å². The third-order valence-corrected chi connectivity index (χ3v) is 3.38. The Morgan fingerprint density at radius 1 is 1.27 bits per heavy atom. The SMILES string of the molecule is COC(=O)CC(C)NC(=O)c1ccc(-c2ccccc2Cl)o1. The van der Waals surface area contributed by atoms with Crippen LogP contribution in [0.3, 0.4) is 0 Å². The number of amides is 1. The number of hydrogen-bond acceptors (Lipinski definition) is 4. The topological polar surface area (TPSA) is 68.5 Å². The Morgan fingerprint density at radius 3 is 2.68 bits per heavy atom. The normalized spacial score (nSPS) is 11.8. The standard InChI is InChI=1S/C16H16ClNO4/c1-10(9-15(19)21-2)18-16(20)14-8-7-13(22-14)11-5-3-4-6-12(11)17/h3-8,10H,9H2,1-2H3,(H,18,20). The third kappa shape index (κ3) is 3.89. The van der Waals surface area contributed by atoms with Gasteiger partial charge in [-0.1, -0.05) is 23.7 Å². The molecule has 116 valence electrons. The second-order valence-electron chi connectivity index (χ2n) is 4.80. The van der Waals surface area contributed by atoms with Crippen LogP contribution in [-0.2, 0) is 9.53 Å². The van der Waals surface area contributed by atoms with Gasteiger partial charge in [0, 0.05) is 11.6 Å². The molecule has 1 heterocycles. The van der Waals surface area contributed by atoms with E-state index in [0.29, 0.717) is 16.3 Å². The van der Waals surface area contributed by atoms with Crippen LogP contribution in [0, 0.1) is 0 Å². The van der Waals surface area contributed by atoms with Crippen molar-refractivity contribution in [1.82, 2.24) is 5.32 Å². The van der Waals surface area contributed by atoms with Crippen LogP contribution in [0.4, 0.5) is 0 Å². The van der Waals surface area contributed by atoms with Crippen molar-refractivity contribution in [3.63, 3.8) is 0 Å². The first-order valence-electron chi connectivity index (χ1n) is 6.73. The molecule has 0 spiro atoms. The van der Waals surface area contributed by atoms with Gasteiger partial charge in [-0.15, -0.1) is 0 Å². The zero-order valence-electron chi connectivity index (χ0n) is 12.3. The van der Waals surface area contributed by atoms with Gasteiger partial charge in [0.2, 0.25) is 0 Å². The molecule has 1 amide bonds. The Balaban J connectivity index is 2.07. The summed E-state index contributed by atoms with van der Waals surface area (Å²) in [7, 11) is 1.30. The van der Waals surface area contributed by atoms with E-state index in [2.05, 4.69) is 10.1 Å². The highest BCUT2D eigenvalue weighted by Gasteiger charge is 2.17. The summed E-state index contributed by atoms with van der Waals surface area (Å²) in [6.07, 6.45) is 0.0975. The average Bonchev–Trinajstić information content (AvgIpc) is 2.97. The van der Waals surface area contributed by atoms with E-state index in [9.17, 15) is 9.59 Å². The predicted octanol–water partition coefficient (Wildman–Crippen LogP) is 3.28. The summed E-state index contributed by atoms with van der Waals surface area (Å²) in [6.45, 7) is 1.72. The highest BCUT2D eigenvalue weighted by atomic mass is 35.5. The van der Waals surface area contributed by atoms with Gasteiger partial charge in [-0.05, 0) is 31.2 Å². The molecule has 5 nitrogen and oxygen atoms in total. The molecule has 0 saturated carbocycles. The number of nitrogens with one attached hydrogen (secondary N) is 1. The van der Waals surface area contributed by atoms with E-state index in [-0.39, 0.29) is 24.2 Å². The highest BCUT2D eigenvalue weighted by Crippen LogP contribution is 2.28. The van der Waals surface area contributed by atoms with E-state index in [1.54, 1.807) is 25.1 Å². The third-order valence-electron chi connectivity index (χ3n) is 3.05. The summed E-state index contributed by atoms with van der Waals surface area (Å²) in [6, 6.07) is 10.1. The van der Waals surface area contributed by atoms with Crippen LogP contribution in [0.1, 0.15) is 23.9 Å². The van der Waals surface area contributed by atoms with Crippen molar-refractivity contribution in [3.05, 3.63) is 47.2 Å². The van der Waals surface area contributed by atoms with Gasteiger partial charge in [0.15, 0.2) is 5.76 Å². The molecule has 0 fully saturated rings. The van der Waals surface area contributed by atoms with E-state index < -0.39 is 5.91 Å². The molecule has 0 aliphatic heterocycles. The van der Waals surface area contributed by atoms with Crippen molar-refractivity contribution in [1.29, 1.82) is 0 Å². The van der Waals surface area contributed by atoms with Crippen molar-refractivity contribution >= 4 is 23.5 Å². The monoisotopic (exact) mass is 321 g/mol. The molecule has 6 heteroatoms. The summed E-state index contributed by atoms with van der Waals surface area (Å²) in [5, 5.41) is 3.22. The Morgan fingerprint density at radius 2 is 2.00 bits per heavy atom. The van der Waals surface area contributed by atoms with Crippen LogP contribution < -0.4 is 5.32 Å². The van der Waals surface area contributed by atoms with Crippen molar-refractivity contribution < 1.29 is 18.7 Å². The molecule has 1 atom stereocenters. The number of carbonyl (C=O) groups excluding carboxylic acids is 2. The van der Waals surface area contributed by atoms with Crippen molar-refractivity contribution in [2.24, 2.45) is 0 Å². The molecule has 0 aliphatic rings. The van der Waals surface area contributed by atoms with E-state index in [1.807, 2.05) is 18.2 Å². The molecule has 0 aliphatic carbocycles. The Hall–Kier alpha value is -2.27. The van der Waals surface area contributed by atoms with E-state index in [1.165, 1.54) is 7.11 Å². The van der Waals surface area contributed by atoms with Crippen molar-refractivity contribution in [3.8, 4) is 11.3 Å². The molecule has 1 aromatic carbocycles. The minimum atomic E-state index is -0.394. The lowest BCUT2D eigenvalue weighted by molar-refractivity contribution is -0.141. The maximum atomic E-state index is 12.1. The van der Waals surface area contributed by atoms with Gasteiger partial charge in [-0.3, -0.25) is 9.59 Å². The smallest absolute Gasteiger partial charge is 0.307 e. The van der Waals surface area contributed by atoms with Gasteiger partial charge < -0.3 is 14.5 Å². The average molecular weight is 322 g/mol.